The molecular formula is C15H17BrFN3O. The molecule has 1 aromatic heterocycles. The summed E-state index contributed by atoms with van der Waals surface area (Å²) in [6, 6.07) is 4.84. The minimum Gasteiger partial charge on any atom is -0.423 e. The van der Waals surface area contributed by atoms with Crippen LogP contribution in [0.1, 0.15) is 25.1 Å². The second-order valence-corrected chi connectivity index (χ2v) is 5.83. The molecular weight excluding hydrogens is 337 g/mol. The van der Waals surface area contributed by atoms with Gasteiger partial charge in [-0.1, -0.05) is 13.8 Å². The number of hydrogen-bond donors (Lipinski definition) is 1. The SMILES string of the molecule is Cc1nc(Oc2ccc(F)cc2Br)ncc1CNC(C)C. The lowest BCUT2D eigenvalue weighted by atomic mass is 10.2. The summed E-state index contributed by atoms with van der Waals surface area (Å²) in [5.74, 6) is 0.144. The molecule has 4 nitrogen and oxygen atoms in total. The van der Waals surface area contributed by atoms with E-state index in [-0.39, 0.29) is 11.8 Å². The number of hydrogen-bond acceptors (Lipinski definition) is 4. The van der Waals surface area contributed by atoms with Crippen LogP contribution >= 0.6 is 15.9 Å². The Labute approximate surface area is 131 Å². The monoisotopic (exact) mass is 353 g/mol. The van der Waals surface area contributed by atoms with Crippen LogP contribution in [0.3, 0.4) is 0 Å². The lowest BCUT2D eigenvalue weighted by Crippen LogP contribution is -2.22. The van der Waals surface area contributed by atoms with Crippen LogP contribution in [-0.4, -0.2) is 16.0 Å². The molecule has 2 rings (SSSR count). The number of halogens is 2. The van der Waals surface area contributed by atoms with Crippen molar-refractivity contribution in [1.82, 2.24) is 15.3 Å². The Morgan fingerprint density at radius 1 is 1.38 bits per heavy atom. The molecule has 0 unspecified atom stereocenters. The topological polar surface area (TPSA) is 47.0 Å². The largest absolute Gasteiger partial charge is 0.423 e. The molecule has 0 aliphatic carbocycles. The van der Waals surface area contributed by atoms with Gasteiger partial charge in [-0.05, 0) is 41.1 Å². The van der Waals surface area contributed by atoms with Crippen molar-refractivity contribution >= 4 is 15.9 Å². The van der Waals surface area contributed by atoms with Crippen molar-refractivity contribution in [2.45, 2.75) is 33.4 Å². The molecule has 1 N–H and O–H groups in total. The van der Waals surface area contributed by atoms with E-state index >= 15 is 0 Å². The maximum Gasteiger partial charge on any atom is 0.322 e. The van der Waals surface area contributed by atoms with Gasteiger partial charge in [-0.25, -0.2) is 9.37 Å². The molecule has 2 aromatic rings. The van der Waals surface area contributed by atoms with E-state index in [9.17, 15) is 4.39 Å². The third kappa shape index (κ3) is 4.47. The third-order valence-electron chi connectivity index (χ3n) is 2.85. The van der Waals surface area contributed by atoms with Crippen molar-refractivity contribution in [3.8, 4) is 11.8 Å². The zero-order chi connectivity index (χ0) is 15.4. The van der Waals surface area contributed by atoms with E-state index in [1.807, 2.05) is 6.92 Å². The van der Waals surface area contributed by atoms with Crippen LogP contribution in [0, 0.1) is 12.7 Å². The molecule has 1 aromatic carbocycles. The van der Waals surface area contributed by atoms with E-state index in [0.717, 1.165) is 11.3 Å². The van der Waals surface area contributed by atoms with Gasteiger partial charge in [0.15, 0.2) is 0 Å². The summed E-state index contributed by atoms with van der Waals surface area (Å²) in [4.78, 5) is 8.51. The lowest BCUT2D eigenvalue weighted by Gasteiger charge is -2.11. The summed E-state index contributed by atoms with van der Waals surface area (Å²) < 4.78 is 19.1. The molecule has 112 valence electrons. The summed E-state index contributed by atoms with van der Waals surface area (Å²) in [6.45, 7) is 6.79. The van der Waals surface area contributed by atoms with Crippen molar-refractivity contribution in [2.75, 3.05) is 0 Å². The molecule has 0 saturated carbocycles. The molecule has 0 bridgehead atoms. The number of ether oxygens (including phenoxy) is 1. The molecule has 0 aliphatic heterocycles. The maximum atomic E-state index is 13.0. The summed E-state index contributed by atoms with van der Waals surface area (Å²) in [5, 5.41) is 3.32. The van der Waals surface area contributed by atoms with Gasteiger partial charge < -0.3 is 10.1 Å². The summed E-state index contributed by atoms with van der Waals surface area (Å²) in [7, 11) is 0. The van der Waals surface area contributed by atoms with Crippen LogP contribution in [0.25, 0.3) is 0 Å². The van der Waals surface area contributed by atoms with Gasteiger partial charge in [0.2, 0.25) is 0 Å². The molecule has 0 aliphatic rings. The Morgan fingerprint density at radius 2 is 2.14 bits per heavy atom. The number of aromatic nitrogens is 2. The van der Waals surface area contributed by atoms with E-state index < -0.39 is 0 Å². The first-order valence-corrected chi connectivity index (χ1v) is 7.44. The van der Waals surface area contributed by atoms with Gasteiger partial charge in [0.25, 0.3) is 0 Å². The molecule has 6 heteroatoms. The summed E-state index contributed by atoms with van der Waals surface area (Å²) in [6.07, 6.45) is 1.74. The number of rotatable bonds is 5. The zero-order valence-electron chi connectivity index (χ0n) is 12.2. The van der Waals surface area contributed by atoms with Crippen molar-refractivity contribution < 1.29 is 9.13 Å². The average Bonchev–Trinajstić information content (AvgIpc) is 2.41. The minimum absolute atomic E-state index is 0.244. The van der Waals surface area contributed by atoms with E-state index in [1.165, 1.54) is 18.2 Å². The Balaban J connectivity index is 2.12. The van der Waals surface area contributed by atoms with Crippen LogP contribution in [0.2, 0.25) is 0 Å². The van der Waals surface area contributed by atoms with Gasteiger partial charge in [-0.2, -0.15) is 4.98 Å². The molecule has 0 spiro atoms. The highest BCUT2D eigenvalue weighted by molar-refractivity contribution is 9.10. The first kappa shape index (κ1) is 15.9. The molecule has 0 atom stereocenters. The van der Waals surface area contributed by atoms with Gasteiger partial charge in [0, 0.05) is 30.0 Å². The second kappa shape index (κ2) is 6.95. The van der Waals surface area contributed by atoms with E-state index in [0.29, 0.717) is 22.8 Å². The predicted octanol–water partition coefficient (Wildman–Crippen LogP) is 3.98. The summed E-state index contributed by atoms with van der Waals surface area (Å²) in [5.41, 5.74) is 1.88. The van der Waals surface area contributed by atoms with Crippen LogP contribution in [0.15, 0.2) is 28.9 Å². The highest BCUT2D eigenvalue weighted by Crippen LogP contribution is 2.28. The van der Waals surface area contributed by atoms with Crippen LogP contribution in [0.4, 0.5) is 4.39 Å². The van der Waals surface area contributed by atoms with Gasteiger partial charge in [0.05, 0.1) is 4.47 Å². The fourth-order valence-corrected chi connectivity index (χ4v) is 2.10. The normalized spacial score (nSPS) is 11.0. The molecule has 0 radical (unpaired) electrons. The van der Waals surface area contributed by atoms with E-state index in [1.54, 1.807) is 6.20 Å². The third-order valence-corrected chi connectivity index (χ3v) is 3.47. The second-order valence-electron chi connectivity index (χ2n) is 4.98. The Morgan fingerprint density at radius 3 is 2.76 bits per heavy atom. The number of nitrogens with one attached hydrogen (secondary N) is 1. The quantitative estimate of drug-likeness (QED) is 0.883. The number of aryl methyl sites for hydroxylation is 1. The van der Waals surface area contributed by atoms with Crippen molar-refractivity contribution in [3.05, 3.63) is 45.9 Å². The van der Waals surface area contributed by atoms with Gasteiger partial charge in [0.1, 0.15) is 11.6 Å². The highest BCUT2D eigenvalue weighted by Gasteiger charge is 2.09. The van der Waals surface area contributed by atoms with Crippen LogP contribution in [0.5, 0.6) is 11.8 Å². The van der Waals surface area contributed by atoms with Gasteiger partial charge in [-0.3, -0.25) is 0 Å². The first-order valence-electron chi connectivity index (χ1n) is 6.64. The molecule has 0 fully saturated rings. The molecule has 0 amide bonds. The molecule has 1 heterocycles. The van der Waals surface area contributed by atoms with Crippen molar-refractivity contribution in [3.63, 3.8) is 0 Å². The minimum atomic E-state index is -0.332. The van der Waals surface area contributed by atoms with Crippen molar-refractivity contribution in [2.24, 2.45) is 0 Å². The first-order chi connectivity index (χ1) is 9.95. The van der Waals surface area contributed by atoms with E-state index in [2.05, 4.69) is 45.1 Å². The standard InChI is InChI=1S/C15H17BrFN3O/c1-9(2)18-7-11-8-19-15(20-10(11)3)21-14-5-4-12(17)6-13(14)16/h4-6,8-9,18H,7H2,1-3H3. The van der Waals surface area contributed by atoms with Crippen LogP contribution in [-0.2, 0) is 6.54 Å². The lowest BCUT2D eigenvalue weighted by molar-refractivity contribution is 0.434. The summed E-state index contributed by atoms with van der Waals surface area (Å²) >= 11 is 3.25. The Bertz CT molecular complexity index is 634. The number of nitrogens with zero attached hydrogens (tertiary/aromatic N) is 2. The Kier molecular flexibility index (Phi) is 5.25. The smallest absolute Gasteiger partial charge is 0.322 e. The average molecular weight is 354 g/mol. The number of benzene rings is 1. The fourth-order valence-electron chi connectivity index (χ4n) is 1.66. The van der Waals surface area contributed by atoms with Gasteiger partial charge >= 0.3 is 6.01 Å². The zero-order valence-corrected chi connectivity index (χ0v) is 13.7. The van der Waals surface area contributed by atoms with Gasteiger partial charge in [-0.15, -0.1) is 0 Å². The Hall–Kier alpha value is -1.53. The van der Waals surface area contributed by atoms with E-state index in [4.69, 9.17) is 4.74 Å². The maximum absolute atomic E-state index is 13.0. The molecule has 21 heavy (non-hydrogen) atoms. The van der Waals surface area contributed by atoms with Crippen LogP contribution < -0.4 is 10.1 Å². The molecule has 0 saturated heterocycles. The fraction of sp³-hybridized carbons (Fsp3) is 0.333. The predicted molar refractivity (Wildman–Crippen MR) is 82.9 cm³/mol. The highest BCUT2D eigenvalue weighted by atomic mass is 79.9. The van der Waals surface area contributed by atoms with Crippen molar-refractivity contribution in [1.29, 1.82) is 0 Å².